The second-order valence-corrected chi connectivity index (χ2v) is 5.39. The van der Waals surface area contributed by atoms with Gasteiger partial charge in [0.15, 0.2) is 0 Å². The Hall–Kier alpha value is -1.16. The number of alkyl halides is 1. The molecule has 1 aromatic rings. The predicted octanol–water partition coefficient (Wildman–Crippen LogP) is 1.60. The molecule has 17 heavy (non-hydrogen) atoms. The predicted molar refractivity (Wildman–Crippen MR) is 61.6 cm³/mol. The molecule has 0 saturated heterocycles. The zero-order valence-electron chi connectivity index (χ0n) is 8.94. The van der Waals surface area contributed by atoms with E-state index in [9.17, 15) is 12.8 Å². The van der Waals surface area contributed by atoms with Gasteiger partial charge in [-0.15, -0.1) is 11.6 Å². The highest BCUT2D eigenvalue weighted by molar-refractivity contribution is 7.89. The zero-order valence-corrected chi connectivity index (χ0v) is 10.5. The van der Waals surface area contributed by atoms with Crippen molar-refractivity contribution in [3.8, 4) is 6.07 Å². The summed E-state index contributed by atoms with van der Waals surface area (Å²) >= 11 is 5.48. The van der Waals surface area contributed by atoms with Crippen LogP contribution in [0.5, 0.6) is 0 Å². The fraction of sp³-hybridized carbons (Fsp3) is 0.300. The van der Waals surface area contributed by atoms with E-state index in [0.717, 1.165) is 6.07 Å². The topological polar surface area (TPSA) is 70.0 Å². The minimum absolute atomic E-state index is 0.0798. The second-order valence-electron chi connectivity index (χ2n) is 3.40. The number of nitriles is 1. The molecule has 0 aliphatic carbocycles. The Morgan fingerprint density at radius 3 is 2.76 bits per heavy atom. The van der Waals surface area contributed by atoms with Gasteiger partial charge >= 0.3 is 0 Å². The Labute approximate surface area is 104 Å². The molecule has 1 atom stereocenters. The van der Waals surface area contributed by atoms with Crippen LogP contribution < -0.4 is 4.72 Å². The highest BCUT2D eigenvalue weighted by atomic mass is 35.5. The van der Waals surface area contributed by atoms with Crippen LogP contribution >= 0.6 is 11.6 Å². The maximum absolute atomic E-state index is 13.3. The van der Waals surface area contributed by atoms with Gasteiger partial charge in [-0.05, 0) is 19.1 Å². The average molecular weight is 277 g/mol. The maximum Gasteiger partial charge on any atom is 0.242 e. The number of rotatable bonds is 4. The van der Waals surface area contributed by atoms with Crippen LogP contribution in [0.1, 0.15) is 12.5 Å². The van der Waals surface area contributed by atoms with Gasteiger partial charge in [0.2, 0.25) is 10.0 Å². The van der Waals surface area contributed by atoms with E-state index in [1.54, 1.807) is 6.92 Å². The summed E-state index contributed by atoms with van der Waals surface area (Å²) in [4.78, 5) is -0.378. The maximum atomic E-state index is 13.3. The van der Waals surface area contributed by atoms with Gasteiger partial charge in [-0.25, -0.2) is 17.5 Å². The Morgan fingerprint density at radius 1 is 1.59 bits per heavy atom. The van der Waals surface area contributed by atoms with E-state index in [1.807, 2.05) is 0 Å². The van der Waals surface area contributed by atoms with Crippen LogP contribution in [0.25, 0.3) is 0 Å². The minimum Gasteiger partial charge on any atom is -0.207 e. The van der Waals surface area contributed by atoms with E-state index in [0.29, 0.717) is 0 Å². The normalized spacial score (nSPS) is 13.1. The van der Waals surface area contributed by atoms with Crippen molar-refractivity contribution in [2.45, 2.75) is 17.9 Å². The summed E-state index contributed by atoms with van der Waals surface area (Å²) < 4.78 is 39.2. The first-order chi connectivity index (χ1) is 7.92. The molecule has 0 radical (unpaired) electrons. The summed E-state index contributed by atoms with van der Waals surface area (Å²) in [5.74, 6) is -0.787. The summed E-state index contributed by atoms with van der Waals surface area (Å²) in [5, 5.41) is 8.75. The van der Waals surface area contributed by atoms with Gasteiger partial charge in [-0.2, -0.15) is 5.26 Å². The van der Waals surface area contributed by atoms with E-state index in [2.05, 4.69) is 4.72 Å². The molecular formula is C10H10ClFN2O2S. The van der Waals surface area contributed by atoms with Gasteiger partial charge in [-0.3, -0.25) is 0 Å². The molecule has 0 aliphatic rings. The highest BCUT2D eigenvalue weighted by Gasteiger charge is 2.22. The summed E-state index contributed by atoms with van der Waals surface area (Å²) in [6.45, 7) is 1.57. The van der Waals surface area contributed by atoms with Crippen molar-refractivity contribution in [1.82, 2.24) is 4.72 Å². The molecule has 0 heterocycles. The van der Waals surface area contributed by atoms with E-state index < -0.39 is 27.4 Å². The van der Waals surface area contributed by atoms with Crippen LogP contribution in [0.4, 0.5) is 4.39 Å². The summed E-state index contributed by atoms with van der Waals surface area (Å²) in [6.07, 6.45) is 0. The number of benzene rings is 1. The minimum atomic E-state index is -3.93. The molecule has 1 aromatic carbocycles. The van der Waals surface area contributed by atoms with Crippen molar-refractivity contribution < 1.29 is 12.8 Å². The number of hydrogen-bond donors (Lipinski definition) is 1. The molecular weight excluding hydrogens is 267 g/mol. The van der Waals surface area contributed by atoms with Gasteiger partial charge in [0.05, 0.1) is 0 Å². The molecule has 1 unspecified atom stereocenters. The quantitative estimate of drug-likeness (QED) is 0.849. The van der Waals surface area contributed by atoms with E-state index in [-0.39, 0.29) is 10.8 Å². The highest BCUT2D eigenvalue weighted by Crippen LogP contribution is 2.18. The lowest BCUT2D eigenvalue weighted by atomic mass is 10.2. The van der Waals surface area contributed by atoms with Gasteiger partial charge in [-0.1, -0.05) is 6.07 Å². The zero-order chi connectivity index (χ0) is 13.1. The third-order valence-corrected chi connectivity index (χ3v) is 4.06. The monoisotopic (exact) mass is 276 g/mol. The molecule has 0 fully saturated rings. The summed E-state index contributed by atoms with van der Waals surface area (Å²) in [5.41, 5.74) is -0.498. The molecule has 7 heteroatoms. The van der Waals surface area contributed by atoms with Crippen LogP contribution in [0.15, 0.2) is 23.1 Å². The van der Waals surface area contributed by atoms with Crippen LogP contribution in [-0.4, -0.2) is 20.3 Å². The summed E-state index contributed by atoms with van der Waals surface area (Å²) in [7, 11) is -3.93. The number of sulfonamides is 1. The first-order valence-corrected chi connectivity index (χ1v) is 6.71. The van der Waals surface area contributed by atoms with Gasteiger partial charge < -0.3 is 0 Å². The van der Waals surface area contributed by atoms with Crippen molar-refractivity contribution >= 4 is 21.6 Å². The lowest BCUT2D eigenvalue weighted by Crippen LogP contribution is -2.34. The number of halogens is 2. The summed E-state index contributed by atoms with van der Waals surface area (Å²) in [6, 6.07) is 4.46. The molecule has 1 N–H and O–H groups in total. The largest absolute Gasteiger partial charge is 0.242 e. The molecule has 92 valence electrons. The van der Waals surface area contributed by atoms with Crippen LogP contribution in [0, 0.1) is 17.1 Å². The van der Waals surface area contributed by atoms with E-state index in [4.69, 9.17) is 16.9 Å². The van der Waals surface area contributed by atoms with Crippen molar-refractivity contribution in [2.24, 2.45) is 0 Å². The lowest BCUT2D eigenvalue weighted by molar-refractivity contribution is 0.566. The average Bonchev–Trinajstić information content (AvgIpc) is 2.28. The van der Waals surface area contributed by atoms with Crippen molar-refractivity contribution in [1.29, 1.82) is 5.26 Å². The van der Waals surface area contributed by atoms with Gasteiger partial charge in [0.25, 0.3) is 0 Å². The molecule has 0 saturated carbocycles. The molecule has 0 spiro atoms. The van der Waals surface area contributed by atoms with E-state index >= 15 is 0 Å². The molecule has 4 nitrogen and oxygen atoms in total. The van der Waals surface area contributed by atoms with Gasteiger partial charge in [0.1, 0.15) is 22.3 Å². The third-order valence-electron chi connectivity index (χ3n) is 1.96. The SMILES string of the molecule is CC(CCl)NS(=O)(=O)c1cccc(F)c1C#N. The fourth-order valence-electron chi connectivity index (χ4n) is 1.20. The molecule has 0 aliphatic heterocycles. The number of nitrogens with one attached hydrogen (secondary N) is 1. The molecule has 0 aromatic heterocycles. The van der Waals surface area contributed by atoms with Crippen LogP contribution in [-0.2, 0) is 10.0 Å². The Bertz CT molecular complexity index is 554. The smallest absolute Gasteiger partial charge is 0.207 e. The van der Waals surface area contributed by atoms with Crippen LogP contribution in [0.2, 0.25) is 0 Å². The van der Waals surface area contributed by atoms with Gasteiger partial charge in [0, 0.05) is 11.9 Å². The Kier molecular flexibility index (Phi) is 4.46. The third kappa shape index (κ3) is 3.16. The lowest BCUT2D eigenvalue weighted by Gasteiger charge is -2.12. The number of hydrogen-bond acceptors (Lipinski definition) is 3. The van der Waals surface area contributed by atoms with E-state index in [1.165, 1.54) is 18.2 Å². The first-order valence-electron chi connectivity index (χ1n) is 4.69. The first kappa shape index (κ1) is 13.9. The Balaban J connectivity index is 3.26. The molecule has 0 amide bonds. The van der Waals surface area contributed by atoms with Crippen molar-refractivity contribution in [3.05, 3.63) is 29.6 Å². The van der Waals surface area contributed by atoms with Crippen molar-refractivity contribution in [3.63, 3.8) is 0 Å². The standard InChI is InChI=1S/C10H10ClFN2O2S/c1-7(5-11)14-17(15,16)10-4-2-3-9(12)8(10)6-13/h2-4,7,14H,5H2,1H3. The van der Waals surface area contributed by atoms with Crippen molar-refractivity contribution in [2.75, 3.05) is 5.88 Å². The van der Waals surface area contributed by atoms with Crippen LogP contribution in [0.3, 0.4) is 0 Å². The second kappa shape index (κ2) is 5.45. The molecule has 1 rings (SSSR count). The Morgan fingerprint density at radius 2 is 2.24 bits per heavy atom. The molecule has 0 bridgehead atoms. The number of nitrogens with zero attached hydrogens (tertiary/aromatic N) is 1. The fourth-order valence-corrected chi connectivity index (χ4v) is 2.77.